The molecule has 1 amide bonds. The first-order chi connectivity index (χ1) is 16.6. The molecule has 0 unspecified atom stereocenters. The number of halogens is 3. The summed E-state index contributed by atoms with van der Waals surface area (Å²) >= 11 is 0. The zero-order valence-electron chi connectivity index (χ0n) is 18.9. The average Bonchev–Trinajstić information content (AvgIpc) is 3.25. The van der Waals surface area contributed by atoms with E-state index >= 15 is 0 Å². The molecule has 11 heteroatoms. The van der Waals surface area contributed by atoms with E-state index in [0.717, 1.165) is 17.8 Å². The number of pyridine rings is 1. The van der Waals surface area contributed by atoms with Gasteiger partial charge in [0.1, 0.15) is 23.7 Å². The predicted octanol–water partition coefficient (Wildman–Crippen LogP) is 3.40. The van der Waals surface area contributed by atoms with Crippen molar-refractivity contribution in [2.75, 3.05) is 13.2 Å². The lowest BCUT2D eigenvalue weighted by molar-refractivity contribution is -0.134. The van der Waals surface area contributed by atoms with E-state index in [2.05, 4.69) is 9.72 Å². The largest absolute Gasteiger partial charge is 0.491 e. The lowest BCUT2D eigenvalue weighted by Gasteiger charge is -2.34. The van der Waals surface area contributed by atoms with Crippen molar-refractivity contribution in [1.82, 2.24) is 19.0 Å². The minimum absolute atomic E-state index is 0.0185. The van der Waals surface area contributed by atoms with Gasteiger partial charge in [-0.15, -0.1) is 0 Å². The Bertz CT molecular complexity index is 1410. The van der Waals surface area contributed by atoms with Crippen LogP contribution in [-0.2, 0) is 6.54 Å². The van der Waals surface area contributed by atoms with E-state index in [1.807, 2.05) is 6.92 Å². The molecular formula is C24H21F3N4O4. The van der Waals surface area contributed by atoms with E-state index in [9.17, 15) is 22.8 Å². The minimum atomic E-state index is -3.61. The molecule has 0 N–H and O–H groups in total. The molecule has 3 aromatic rings. The third kappa shape index (κ3) is 4.07. The van der Waals surface area contributed by atoms with Crippen molar-refractivity contribution in [2.45, 2.75) is 32.5 Å². The molecule has 35 heavy (non-hydrogen) atoms. The summed E-state index contributed by atoms with van der Waals surface area (Å²) in [4.78, 5) is 31.8. The van der Waals surface area contributed by atoms with Crippen LogP contribution >= 0.6 is 0 Å². The van der Waals surface area contributed by atoms with Gasteiger partial charge < -0.3 is 23.5 Å². The maximum atomic E-state index is 14.0. The van der Waals surface area contributed by atoms with Crippen LogP contribution in [0.25, 0.3) is 11.8 Å². The van der Waals surface area contributed by atoms with Gasteiger partial charge in [-0.2, -0.15) is 8.78 Å². The minimum Gasteiger partial charge on any atom is -0.491 e. The number of amides is 1. The predicted molar refractivity (Wildman–Crippen MR) is 120 cm³/mol. The molecular weight excluding hydrogens is 465 g/mol. The van der Waals surface area contributed by atoms with Crippen LogP contribution in [0.1, 0.15) is 28.7 Å². The van der Waals surface area contributed by atoms with Crippen LogP contribution < -0.4 is 15.0 Å². The fraction of sp³-hybridized carbons (Fsp3) is 0.292. The van der Waals surface area contributed by atoms with Crippen molar-refractivity contribution in [3.63, 3.8) is 0 Å². The molecule has 2 aromatic heterocycles. The molecule has 0 aliphatic carbocycles. The second-order valence-corrected chi connectivity index (χ2v) is 8.43. The summed E-state index contributed by atoms with van der Waals surface area (Å²) in [6, 6.07) is 5.09. The fourth-order valence-electron chi connectivity index (χ4n) is 4.20. The highest BCUT2D eigenvalue weighted by atomic mass is 19.3. The van der Waals surface area contributed by atoms with Gasteiger partial charge in [0.15, 0.2) is 11.6 Å². The summed E-state index contributed by atoms with van der Waals surface area (Å²) < 4.78 is 54.2. The van der Waals surface area contributed by atoms with Gasteiger partial charge in [-0.25, -0.2) is 9.37 Å². The first kappa shape index (κ1) is 22.8. The number of fused-ring (bicyclic) bond motifs is 2. The Hall–Kier alpha value is -4.02. The molecule has 0 bridgehead atoms. The van der Waals surface area contributed by atoms with E-state index in [-0.39, 0.29) is 41.6 Å². The van der Waals surface area contributed by atoms with Crippen molar-refractivity contribution < 1.29 is 27.4 Å². The summed E-state index contributed by atoms with van der Waals surface area (Å²) in [6.45, 7) is 4.18. The number of alkyl halides is 2. The van der Waals surface area contributed by atoms with E-state index in [4.69, 9.17) is 4.74 Å². The number of hydrogen-bond acceptors (Lipinski definition) is 5. The zero-order chi connectivity index (χ0) is 24.9. The third-order valence-electron chi connectivity index (χ3n) is 5.99. The lowest BCUT2D eigenvalue weighted by atomic mass is 10.1. The van der Waals surface area contributed by atoms with Crippen LogP contribution in [-0.4, -0.2) is 50.2 Å². The van der Waals surface area contributed by atoms with Crippen LogP contribution in [0.4, 0.5) is 13.2 Å². The molecule has 5 rings (SSSR count). The molecule has 2 aliphatic rings. The second kappa shape index (κ2) is 8.33. The number of aromatic nitrogens is 3. The molecule has 2 aliphatic heterocycles. The van der Waals surface area contributed by atoms with Gasteiger partial charge in [0.25, 0.3) is 11.5 Å². The summed E-state index contributed by atoms with van der Waals surface area (Å²) in [5, 5.41) is 0. The molecule has 0 spiro atoms. The smallest absolute Gasteiger partial charge is 0.420 e. The van der Waals surface area contributed by atoms with Crippen molar-refractivity contribution in [3.05, 3.63) is 76.0 Å². The van der Waals surface area contributed by atoms with Crippen LogP contribution in [0.3, 0.4) is 0 Å². The molecule has 1 aromatic carbocycles. The fourth-order valence-corrected chi connectivity index (χ4v) is 4.20. The molecule has 8 nitrogen and oxygen atoms in total. The Kier molecular flexibility index (Phi) is 5.42. The molecule has 1 atom stereocenters. The van der Waals surface area contributed by atoms with Crippen LogP contribution in [0.15, 0.2) is 47.7 Å². The summed E-state index contributed by atoms with van der Waals surface area (Å²) in [5.41, 5.74) is 1.19. The molecule has 0 radical (unpaired) electrons. The monoisotopic (exact) mass is 486 g/mol. The van der Waals surface area contributed by atoms with Crippen molar-refractivity contribution in [1.29, 1.82) is 0 Å². The Morgan fingerprint density at radius 3 is 2.74 bits per heavy atom. The van der Waals surface area contributed by atoms with Gasteiger partial charge >= 0.3 is 6.11 Å². The molecule has 182 valence electrons. The van der Waals surface area contributed by atoms with Crippen LogP contribution in [0.2, 0.25) is 0 Å². The summed E-state index contributed by atoms with van der Waals surface area (Å²) in [6.07, 6.45) is 1.24. The number of aryl methyl sites for hydroxylation is 1. The Morgan fingerprint density at radius 1 is 1.20 bits per heavy atom. The number of imidazole rings is 1. The maximum Gasteiger partial charge on any atom is 0.420 e. The van der Waals surface area contributed by atoms with E-state index in [0.29, 0.717) is 18.3 Å². The highest BCUT2D eigenvalue weighted by molar-refractivity contribution is 5.93. The van der Waals surface area contributed by atoms with Crippen LogP contribution in [0.5, 0.6) is 11.5 Å². The highest BCUT2D eigenvalue weighted by Crippen LogP contribution is 2.40. The normalized spacial score (nSPS) is 16.9. The number of nitrogens with zero attached hydrogens (tertiary/aromatic N) is 4. The quantitative estimate of drug-likeness (QED) is 0.553. The number of hydrogen-bond donors (Lipinski definition) is 0. The van der Waals surface area contributed by atoms with Gasteiger partial charge in [-0.1, -0.05) is 0 Å². The number of carbonyl (C=O) groups is 1. The van der Waals surface area contributed by atoms with Gasteiger partial charge in [-0.05, 0) is 44.2 Å². The third-order valence-corrected chi connectivity index (χ3v) is 5.99. The van der Waals surface area contributed by atoms with Gasteiger partial charge in [-0.3, -0.25) is 9.59 Å². The number of benzene rings is 1. The van der Waals surface area contributed by atoms with Crippen LogP contribution in [0, 0.1) is 12.7 Å². The first-order valence-corrected chi connectivity index (χ1v) is 10.9. The molecule has 0 saturated carbocycles. The summed E-state index contributed by atoms with van der Waals surface area (Å²) in [5.74, 6) is -1.69. The molecule has 0 fully saturated rings. The summed E-state index contributed by atoms with van der Waals surface area (Å²) in [7, 11) is 0. The average molecular weight is 486 g/mol. The number of ether oxygens (including phenoxy) is 2. The van der Waals surface area contributed by atoms with E-state index in [1.54, 1.807) is 41.0 Å². The topological polar surface area (TPSA) is 78.6 Å². The van der Waals surface area contributed by atoms with E-state index < -0.39 is 23.7 Å². The van der Waals surface area contributed by atoms with Crippen molar-refractivity contribution >= 4 is 12.0 Å². The van der Waals surface area contributed by atoms with Gasteiger partial charge in [0.05, 0.1) is 23.6 Å². The van der Waals surface area contributed by atoms with Crippen molar-refractivity contribution in [2.24, 2.45) is 0 Å². The van der Waals surface area contributed by atoms with E-state index in [1.165, 1.54) is 10.6 Å². The Balaban J connectivity index is 1.33. The highest BCUT2D eigenvalue weighted by Gasteiger charge is 2.35. The van der Waals surface area contributed by atoms with Gasteiger partial charge in [0, 0.05) is 25.4 Å². The standard InChI is InChI=1S/C24H21F3N4O4/c1-14-11-29(13-28-14)18-4-5-19-23(33)30(9-10-31(19)22(18)32)15(2)12-34-20-6-3-17(25)21-16(20)7-8-24(26,27)35-21/h3-8,11,13,15H,9-10,12H2,1-2H3/t15-/m0/s1. The Morgan fingerprint density at radius 2 is 2.00 bits per heavy atom. The lowest BCUT2D eigenvalue weighted by Crippen LogP contribution is -2.50. The number of rotatable bonds is 5. The Labute approximate surface area is 197 Å². The SMILES string of the molecule is Cc1cn(-c2ccc3n(c2=O)CCN([C@@H](C)COc2ccc(F)c4c2C=CC(F)(F)O4)C3=O)cn1. The second-order valence-electron chi connectivity index (χ2n) is 8.43. The van der Waals surface area contributed by atoms with Gasteiger partial charge in [0.2, 0.25) is 0 Å². The van der Waals surface area contributed by atoms with Crippen molar-refractivity contribution in [3.8, 4) is 17.2 Å². The first-order valence-electron chi connectivity index (χ1n) is 10.9. The maximum absolute atomic E-state index is 14.0. The molecule has 0 saturated heterocycles. The molecule has 4 heterocycles. The zero-order valence-corrected chi connectivity index (χ0v) is 18.9. The number of carbonyl (C=O) groups excluding carboxylic acids is 1.